The Morgan fingerprint density at radius 2 is 2.11 bits per heavy atom. The lowest BCUT2D eigenvalue weighted by Crippen LogP contribution is -2.28. The summed E-state index contributed by atoms with van der Waals surface area (Å²) in [5, 5.41) is 4.32. The summed E-state index contributed by atoms with van der Waals surface area (Å²) in [5.41, 5.74) is 2.66. The minimum atomic E-state index is 0.504. The van der Waals surface area contributed by atoms with Crippen LogP contribution in [0.25, 0.3) is 0 Å². The Hall–Kier alpha value is -0.730. The van der Waals surface area contributed by atoms with Crippen molar-refractivity contribution in [2.24, 2.45) is 0 Å². The molecule has 2 rings (SSSR count). The number of halogens is 1. The molecule has 1 fully saturated rings. The smallest absolute Gasteiger partial charge is 0.0429 e. The van der Waals surface area contributed by atoms with E-state index in [9.17, 15) is 0 Å². The van der Waals surface area contributed by atoms with Crippen LogP contribution in [0, 0.1) is 0 Å². The molecule has 18 heavy (non-hydrogen) atoms. The van der Waals surface area contributed by atoms with Gasteiger partial charge < -0.3 is 10.2 Å². The van der Waals surface area contributed by atoms with Crippen molar-refractivity contribution in [3.05, 3.63) is 28.8 Å². The Morgan fingerprint density at radius 3 is 2.67 bits per heavy atom. The molecule has 1 N–H and O–H groups in total. The summed E-state index contributed by atoms with van der Waals surface area (Å²) in [6.45, 7) is 8.54. The third kappa shape index (κ3) is 3.39. The normalized spacial score (nSPS) is 15.2. The lowest BCUT2D eigenvalue weighted by molar-refractivity contribution is 0.587. The molecule has 0 aliphatic heterocycles. The predicted octanol–water partition coefficient (Wildman–Crippen LogP) is 3.83. The number of rotatable bonds is 6. The molecule has 100 valence electrons. The molecule has 0 spiro atoms. The maximum absolute atomic E-state index is 6.16. The summed E-state index contributed by atoms with van der Waals surface area (Å²) >= 11 is 6.16. The van der Waals surface area contributed by atoms with Crippen molar-refractivity contribution in [2.75, 3.05) is 11.4 Å². The quantitative estimate of drug-likeness (QED) is 0.842. The van der Waals surface area contributed by atoms with Crippen LogP contribution < -0.4 is 10.2 Å². The second kappa shape index (κ2) is 5.94. The van der Waals surface area contributed by atoms with Crippen LogP contribution in [0.5, 0.6) is 0 Å². The molecule has 1 aliphatic rings. The van der Waals surface area contributed by atoms with Crippen LogP contribution in [-0.2, 0) is 6.54 Å². The van der Waals surface area contributed by atoms with E-state index in [1.807, 2.05) is 6.07 Å². The maximum Gasteiger partial charge on any atom is 0.0429 e. The van der Waals surface area contributed by atoms with Gasteiger partial charge in [0.05, 0.1) is 0 Å². The van der Waals surface area contributed by atoms with Gasteiger partial charge in [0.1, 0.15) is 0 Å². The number of nitrogens with one attached hydrogen (secondary N) is 1. The van der Waals surface area contributed by atoms with Crippen molar-refractivity contribution in [1.29, 1.82) is 0 Å². The SMILES string of the molecule is CCN(c1cc(Cl)ccc1CNC(C)C)C1CC1. The molecule has 0 amide bonds. The number of hydrogen-bond donors (Lipinski definition) is 1. The van der Waals surface area contributed by atoms with Gasteiger partial charge >= 0.3 is 0 Å². The van der Waals surface area contributed by atoms with E-state index in [0.717, 1.165) is 24.2 Å². The van der Waals surface area contributed by atoms with Gasteiger partial charge in [-0.05, 0) is 37.5 Å². The highest BCUT2D eigenvalue weighted by Gasteiger charge is 2.29. The molecular weight excluding hydrogens is 244 g/mol. The van der Waals surface area contributed by atoms with Gasteiger partial charge in [0.2, 0.25) is 0 Å². The van der Waals surface area contributed by atoms with Gasteiger partial charge in [0.25, 0.3) is 0 Å². The van der Waals surface area contributed by atoms with Crippen molar-refractivity contribution in [3.8, 4) is 0 Å². The fraction of sp³-hybridized carbons (Fsp3) is 0.600. The Labute approximate surface area is 115 Å². The highest BCUT2D eigenvalue weighted by Crippen LogP contribution is 2.34. The standard InChI is InChI=1S/C15H23ClN2/c1-4-18(14-7-8-14)15-9-13(16)6-5-12(15)10-17-11(2)3/h5-6,9,11,14,17H,4,7-8,10H2,1-3H3. The number of benzene rings is 1. The van der Waals surface area contributed by atoms with Crippen LogP contribution in [0.1, 0.15) is 39.2 Å². The van der Waals surface area contributed by atoms with Gasteiger partial charge in [-0.1, -0.05) is 31.5 Å². The molecule has 0 saturated heterocycles. The van der Waals surface area contributed by atoms with E-state index in [4.69, 9.17) is 11.6 Å². The molecule has 1 aliphatic carbocycles. The van der Waals surface area contributed by atoms with Crippen molar-refractivity contribution in [3.63, 3.8) is 0 Å². The van der Waals surface area contributed by atoms with Crippen LogP contribution in [0.15, 0.2) is 18.2 Å². The van der Waals surface area contributed by atoms with E-state index in [2.05, 4.69) is 43.1 Å². The van der Waals surface area contributed by atoms with Gasteiger partial charge in [-0.3, -0.25) is 0 Å². The Morgan fingerprint density at radius 1 is 1.39 bits per heavy atom. The number of nitrogens with zero attached hydrogens (tertiary/aromatic N) is 1. The number of anilines is 1. The van der Waals surface area contributed by atoms with Crippen molar-refractivity contribution in [2.45, 2.75) is 52.2 Å². The first kappa shape index (κ1) is 13.7. The first-order valence-corrected chi connectivity index (χ1v) is 7.28. The second-order valence-corrected chi connectivity index (χ2v) is 5.76. The fourth-order valence-corrected chi connectivity index (χ4v) is 2.45. The molecule has 3 heteroatoms. The average molecular weight is 267 g/mol. The largest absolute Gasteiger partial charge is 0.369 e. The van der Waals surface area contributed by atoms with Gasteiger partial charge in [0, 0.05) is 35.9 Å². The van der Waals surface area contributed by atoms with E-state index in [1.54, 1.807) is 0 Å². The van der Waals surface area contributed by atoms with Crippen molar-refractivity contribution >= 4 is 17.3 Å². The van der Waals surface area contributed by atoms with Crippen LogP contribution in [0.4, 0.5) is 5.69 Å². The minimum Gasteiger partial charge on any atom is -0.369 e. The first-order valence-electron chi connectivity index (χ1n) is 6.90. The average Bonchev–Trinajstić information content (AvgIpc) is 3.13. The van der Waals surface area contributed by atoms with Crippen LogP contribution >= 0.6 is 11.6 Å². The summed E-state index contributed by atoms with van der Waals surface area (Å²) in [6.07, 6.45) is 2.63. The molecular formula is C15H23ClN2. The zero-order chi connectivity index (χ0) is 13.1. The van der Waals surface area contributed by atoms with Crippen LogP contribution in [0.3, 0.4) is 0 Å². The Bertz CT molecular complexity index is 399. The fourth-order valence-electron chi connectivity index (χ4n) is 2.28. The second-order valence-electron chi connectivity index (χ2n) is 5.33. The molecule has 0 aromatic heterocycles. The zero-order valence-electron chi connectivity index (χ0n) is 11.5. The predicted molar refractivity (Wildman–Crippen MR) is 79.5 cm³/mol. The molecule has 1 aromatic rings. The summed E-state index contributed by atoms with van der Waals surface area (Å²) in [4.78, 5) is 2.49. The van der Waals surface area contributed by atoms with E-state index >= 15 is 0 Å². The topological polar surface area (TPSA) is 15.3 Å². The third-order valence-corrected chi connectivity index (χ3v) is 3.62. The molecule has 0 atom stereocenters. The summed E-state index contributed by atoms with van der Waals surface area (Å²) in [7, 11) is 0. The molecule has 1 aromatic carbocycles. The van der Waals surface area contributed by atoms with Crippen molar-refractivity contribution in [1.82, 2.24) is 5.32 Å². The maximum atomic E-state index is 6.16. The highest BCUT2D eigenvalue weighted by molar-refractivity contribution is 6.30. The van der Waals surface area contributed by atoms with Gasteiger partial charge in [-0.25, -0.2) is 0 Å². The summed E-state index contributed by atoms with van der Waals surface area (Å²) < 4.78 is 0. The van der Waals surface area contributed by atoms with E-state index in [0.29, 0.717) is 6.04 Å². The molecule has 0 heterocycles. The lowest BCUT2D eigenvalue weighted by Gasteiger charge is -2.26. The minimum absolute atomic E-state index is 0.504. The third-order valence-electron chi connectivity index (χ3n) is 3.39. The molecule has 0 bridgehead atoms. The van der Waals surface area contributed by atoms with Crippen LogP contribution in [-0.4, -0.2) is 18.6 Å². The van der Waals surface area contributed by atoms with Crippen molar-refractivity contribution < 1.29 is 0 Å². The highest BCUT2D eigenvalue weighted by atomic mass is 35.5. The Balaban J connectivity index is 2.21. The molecule has 0 radical (unpaired) electrons. The molecule has 2 nitrogen and oxygen atoms in total. The van der Waals surface area contributed by atoms with Gasteiger partial charge in [0.15, 0.2) is 0 Å². The lowest BCUT2D eigenvalue weighted by atomic mass is 10.1. The molecule has 0 unspecified atom stereocenters. The van der Waals surface area contributed by atoms with E-state index in [1.165, 1.54) is 24.1 Å². The summed E-state index contributed by atoms with van der Waals surface area (Å²) in [5.74, 6) is 0. The van der Waals surface area contributed by atoms with Crippen LogP contribution in [0.2, 0.25) is 5.02 Å². The first-order chi connectivity index (χ1) is 8.61. The number of hydrogen-bond acceptors (Lipinski definition) is 2. The van der Waals surface area contributed by atoms with E-state index in [-0.39, 0.29) is 0 Å². The van der Waals surface area contributed by atoms with Gasteiger partial charge in [-0.15, -0.1) is 0 Å². The monoisotopic (exact) mass is 266 g/mol. The zero-order valence-corrected chi connectivity index (χ0v) is 12.3. The Kier molecular flexibility index (Phi) is 4.52. The van der Waals surface area contributed by atoms with Gasteiger partial charge in [-0.2, -0.15) is 0 Å². The van der Waals surface area contributed by atoms with E-state index < -0.39 is 0 Å². The molecule has 1 saturated carbocycles. The summed E-state index contributed by atoms with van der Waals surface area (Å²) in [6, 6.07) is 7.48.